The van der Waals surface area contributed by atoms with Crippen molar-refractivity contribution in [3.63, 3.8) is 0 Å². The van der Waals surface area contributed by atoms with Crippen LogP contribution in [0.15, 0.2) is 0 Å². The molecular formula is C96H189N3O6. The van der Waals surface area contributed by atoms with E-state index in [0.717, 1.165) is 97.4 Å². The molecule has 0 radical (unpaired) electrons. The zero-order valence-corrected chi connectivity index (χ0v) is 72.9. The molecule has 0 aromatic rings. The van der Waals surface area contributed by atoms with Crippen LogP contribution in [0.25, 0.3) is 0 Å². The van der Waals surface area contributed by atoms with Gasteiger partial charge in [0.1, 0.15) is 18.3 Å². The van der Waals surface area contributed by atoms with Crippen molar-refractivity contribution in [2.24, 2.45) is 17.8 Å². The Kier molecular flexibility index (Phi) is 76.2. The van der Waals surface area contributed by atoms with Crippen LogP contribution in [0.5, 0.6) is 0 Å². The largest absolute Gasteiger partial charge is 0.462 e. The van der Waals surface area contributed by atoms with Gasteiger partial charge in [0, 0.05) is 19.6 Å². The molecule has 105 heavy (non-hydrogen) atoms. The predicted molar refractivity (Wildman–Crippen MR) is 459 cm³/mol. The van der Waals surface area contributed by atoms with Crippen LogP contribution >= 0.6 is 0 Å². The van der Waals surface area contributed by atoms with E-state index in [2.05, 4.69) is 77.0 Å². The van der Waals surface area contributed by atoms with E-state index >= 15 is 0 Å². The van der Waals surface area contributed by atoms with Crippen LogP contribution in [0.2, 0.25) is 0 Å². The maximum absolute atomic E-state index is 14.9. The van der Waals surface area contributed by atoms with Crippen molar-refractivity contribution >= 4 is 17.9 Å². The lowest BCUT2D eigenvalue weighted by Crippen LogP contribution is -2.40. The summed E-state index contributed by atoms with van der Waals surface area (Å²) in [4.78, 5) is 52.7. The first-order chi connectivity index (χ1) is 51.6. The van der Waals surface area contributed by atoms with Crippen LogP contribution in [-0.2, 0) is 28.6 Å². The average Bonchev–Trinajstić information content (AvgIpc) is 0.820. The molecule has 1 aliphatic rings. The van der Waals surface area contributed by atoms with E-state index in [1.807, 2.05) is 0 Å². The Hall–Kier alpha value is -1.71. The summed E-state index contributed by atoms with van der Waals surface area (Å²) >= 11 is 0. The number of unbranched alkanes of at least 4 members (excludes halogenated alkanes) is 54. The summed E-state index contributed by atoms with van der Waals surface area (Å²) in [6.45, 7) is 29.8. The Morgan fingerprint density at radius 2 is 0.343 bits per heavy atom. The third-order valence-electron chi connectivity index (χ3n) is 24.2. The lowest BCUT2D eigenvalue weighted by molar-refractivity contribution is -0.167. The van der Waals surface area contributed by atoms with Crippen LogP contribution in [0, 0.1) is 17.8 Å². The van der Waals surface area contributed by atoms with E-state index in [-0.39, 0.29) is 36.2 Å². The summed E-state index contributed by atoms with van der Waals surface area (Å²) < 4.78 is 19.9. The van der Waals surface area contributed by atoms with Crippen molar-refractivity contribution in [2.45, 2.75) is 524 Å². The van der Waals surface area contributed by atoms with Gasteiger partial charge in [-0.1, -0.05) is 409 Å². The first-order valence-corrected chi connectivity index (χ1v) is 48.4. The highest BCUT2D eigenvalue weighted by atomic mass is 16.6. The SMILES string of the molecule is CCCCCCCCCCCCN(CCCCCCCCCCCC)CCC(CC)OC(=O)[C@H]1C[C@@H](C(=O)OC(CC)CCN(CCCCCCCCCCCC)CCCCCCCCCCCC)C[C@@H](C(=O)OC(CC)CCN(CCCCCCCCCCCC)CCCCCCCCCCCC)C1. The Morgan fingerprint density at radius 1 is 0.210 bits per heavy atom. The van der Waals surface area contributed by atoms with Gasteiger partial charge < -0.3 is 28.9 Å². The molecule has 3 atom stereocenters. The van der Waals surface area contributed by atoms with E-state index < -0.39 is 17.8 Å². The summed E-state index contributed by atoms with van der Waals surface area (Å²) in [5.41, 5.74) is 0. The van der Waals surface area contributed by atoms with E-state index in [0.29, 0.717) is 19.3 Å². The highest BCUT2D eigenvalue weighted by Gasteiger charge is 2.42. The quantitative estimate of drug-likeness (QED) is 0.0336. The zero-order valence-electron chi connectivity index (χ0n) is 72.9. The number of hydrogen-bond donors (Lipinski definition) is 0. The molecule has 1 saturated carbocycles. The molecule has 9 heteroatoms. The molecule has 1 fully saturated rings. The maximum atomic E-state index is 14.9. The molecule has 1 aliphatic carbocycles. The summed E-state index contributed by atoms with van der Waals surface area (Å²) in [5, 5.41) is 0. The zero-order chi connectivity index (χ0) is 76.2. The van der Waals surface area contributed by atoms with Gasteiger partial charge in [0.05, 0.1) is 17.8 Å². The highest BCUT2D eigenvalue weighted by Crippen LogP contribution is 2.37. The van der Waals surface area contributed by atoms with Crippen molar-refractivity contribution < 1.29 is 28.6 Å². The average molecular weight is 1480 g/mol. The monoisotopic (exact) mass is 1480 g/mol. The Labute approximate surface area is 658 Å². The molecule has 624 valence electrons. The third kappa shape index (κ3) is 63.5. The number of esters is 3. The van der Waals surface area contributed by atoms with Gasteiger partial charge in [0.2, 0.25) is 0 Å². The molecule has 9 nitrogen and oxygen atoms in total. The van der Waals surface area contributed by atoms with Crippen LogP contribution < -0.4 is 0 Å². The van der Waals surface area contributed by atoms with Gasteiger partial charge in [0.25, 0.3) is 0 Å². The maximum Gasteiger partial charge on any atom is 0.309 e. The summed E-state index contributed by atoms with van der Waals surface area (Å²) in [6, 6.07) is 0. The molecular weight excluding hydrogens is 1290 g/mol. The molecule has 1 rings (SSSR count). The van der Waals surface area contributed by atoms with Crippen LogP contribution in [0.3, 0.4) is 0 Å². The van der Waals surface area contributed by atoms with E-state index in [4.69, 9.17) is 14.2 Å². The fourth-order valence-corrected chi connectivity index (χ4v) is 16.6. The Morgan fingerprint density at radius 3 is 0.476 bits per heavy atom. The van der Waals surface area contributed by atoms with Crippen LogP contribution in [-0.4, -0.2) is 110 Å². The standard InChI is InChI=1S/C96H189N3O6/c1-10-19-25-31-37-43-49-55-61-67-76-97(77-68-62-56-50-44-38-32-26-20-11-2)82-73-91(16-7)103-94(100)88-85-89(95(101)104-92(17-8)74-83-98(78-69-63-57-51-45-39-33-27-21-12-3)79-70-64-58-52-46-40-34-28-22-13-4)87-90(86-88)96(102)105-93(18-9)75-84-99(80-71-65-59-53-47-41-35-29-23-14-5)81-72-66-60-54-48-42-36-30-24-15-6/h88-93H,10-87H2,1-9H3/t88-,89+,90-,91?,92?,93?. The topological polar surface area (TPSA) is 88.6 Å². The van der Waals surface area contributed by atoms with Gasteiger partial charge in [-0.05, 0) is 136 Å². The minimum absolute atomic E-state index is 0.209. The molecule has 0 N–H and O–H groups in total. The van der Waals surface area contributed by atoms with Gasteiger partial charge in [-0.15, -0.1) is 0 Å². The van der Waals surface area contributed by atoms with E-state index in [1.54, 1.807) is 0 Å². The number of hydrogen-bond acceptors (Lipinski definition) is 9. The molecule has 0 spiro atoms. The third-order valence-corrected chi connectivity index (χ3v) is 24.2. The Bertz CT molecular complexity index is 1520. The second kappa shape index (κ2) is 79.0. The fraction of sp³-hybridized carbons (Fsp3) is 0.969. The lowest BCUT2D eigenvalue weighted by atomic mass is 9.75. The summed E-state index contributed by atoms with van der Waals surface area (Å²) in [5.74, 6) is -2.41. The molecule has 0 aromatic carbocycles. The smallest absolute Gasteiger partial charge is 0.309 e. The van der Waals surface area contributed by atoms with Gasteiger partial charge in [-0.25, -0.2) is 0 Å². The molecule has 0 aliphatic heterocycles. The van der Waals surface area contributed by atoms with Gasteiger partial charge in [-0.2, -0.15) is 0 Å². The lowest BCUT2D eigenvalue weighted by Gasteiger charge is -2.34. The molecule has 0 saturated heterocycles. The van der Waals surface area contributed by atoms with E-state index in [9.17, 15) is 14.4 Å². The van der Waals surface area contributed by atoms with E-state index in [1.165, 1.54) is 385 Å². The molecule has 3 unspecified atom stereocenters. The van der Waals surface area contributed by atoms with Crippen molar-refractivity contribution in [3.8, 4) is 0 Å². The van der Waals surface area contributed by atoms with Crippen molar-refractivity contribution in [3.05, 3.63) is 0 Å². The number of carbonyl (C=O) groups is 3. The predicted octanol–water partition coefficient (Wildman–Crippen LogP) is 29.6. The number of rotatable bonds is 84. The second-order valence-electron chi connectivity index (χ2n) is 34.2. The molecule has 0 heterocycles. The van der Waals surface area contributed by atoms with Crippen molar-refractivity contribution in [2.75, 3.05) is 58.9 Å². The molecule has 0 aromatic heterocycles. The number of carbonyl (C=O) groups excluding carboxylic acids is 3. The summed E-state index contributed by atoms with van der Waals surface area (Å²) in [6.07, 6.45) is 85.6. The fourth-order valence-electron chi connectivity index (χ4n) is 16.6. The first kappa shape index (κ1) is 101. The normalized spacial score (nSPS) is 15.7. The second-order valence-corrected chi connectivity index (χ2v) is 34.2. The minimum atomic E-state index is -0.562. The number of nitrogens with zero attached hydrogens (tertiary/aromatic N) is 3. The van der Waals surface area contributed by atoms with Gasteiger partial charge >= 0.3 is 17.9 Å². The first-order valence-electron chi connectivity index (χ1n) is 48.4. The molecule has 0 amide bonds. The van der Waals surface area contributed by atoms with Crippen molar-refractivity contribution in [1.29, 1.82) is 0 Å². The van der Waals surface area contributed by atoms with Crippen LogP contribution in [0.4, 0.5) is 0 Å². The molecule has 0 bridgehead atoms. The highest BCUT2D eigenvalue weighted by molar-refractivity contribution is 5.80. The van der Waals surface area contributed by atoms with Crippen molar-refractivity contribution in [1.82, 2.24) is 14.7 Å². The van der Waals surface area contributed by atoms with Gasteiger partial charge in [-0.3, -0.25) is 14.4 Å². The van der Waals surface area contributed by atoms with Gasteiger partial charge in [0.15, 0.2) is 0 Å². The van der Waals surface area contributed by atoms with Crippen LogP contribution in [0.1, 0.15) is 505 Å². The summed E-state index contributed by atoms with van der Waals surface area (Å²) in [7, 11) is 0. The number of ether oxygens (including phenoxy) is 3. The Balaban J connectivity index is 3.38. The minimum Gasteiger partial charge on any atom is -0.462 e.